The van der Waals surface area contributed by atoms with Crippen molar-refractivity contribution in [3.05, 3.63) is 169 Å². The van der Waals surface area contributed by atoms with Gasteiger partial charge in [0.05, 0.1) is 39.2 Å². The third kappa shape index (κ3) is 4.40. The van der Waals surface area contributed by atoms with Crippen molar-refractivity contribution in [3.63, 3.8) is 0 Å². The molecule has 0 radical (unpaired) electrons. The predicted octanol–water partition coefficient (Wildman–Crippen LogP) is 12.2. The number of pyridine rings is 3. The van der Waals surface area contributed by atoms with Gasteiger partial charge in [-0.25, -0.2) is 4.98 Å². The molecule has 250 valence electrons. The molecule has 0 saturated heterocycles. The summed E-state index contributed by atoms with van der Waals surface area (Å²) in [6.07, 6.45) is 3.61. The summed E-state index contributed by atoms with van der Waals surface area (Å²) in [5.74, 6) is 0. The minimum atomic E-state index is -0.127. The number of aromatic nitrogens is 4. The SMILES string of the molecule is CC1(C)c2ccccc2-c2cc3c4c5oc6ccccc6c5ccc4n(-c4ccc(-c5cc(-c6ccccn6)nc(-c6ccccn6)c5)cc4)c3cc21. The fourth-order valence-corrected chi connectivity index (χ4v) is 8.55. The van der Waals surface area contributed by atoms with Crippen molar-refractivity contribution in [2.24, 2.45) is 0 Å². The highest BCUT2D eigenvalue weighted by molar-refractivity contribution is 6.24. The van der Waals surface area contributed by atoms with Crippen LogP contribution < -0.4 is 0 Å². The van der Waals surface area contributed by atoms with Gasteiger partial charge in [0.1, 0.15) is 11.2 Å². The molecule has 0 unspecified atom stereocenters. The van der Waals surface area contributed by atoms with Crippen LogP contribution in [0.2, 0.25) is 0 Å². The maximum Gasteiger partial charge on any atom is 0.145 e. The van der Waals surface area contributed by atoms with Crippen LogP contribution in [-0.2, 0) is 5.41 Å². The van der Waals surface area contributed by atoms with E-state index in [9.17, 15) is 0 Å². The third-order valence-corrected chi connectivity index (χ3v) is 11.1. The van der Waals surface area contributed by atoms with Crippen LogP contribution in [0, 0.1) is 0 Å². The zero-order valence-corrected chi connectivity index (χ0v) is 29.2. The van der Waals surface area contributed by atoms with Gasteiger partial charge in [-0.3, -0.25) is 9.97 Å². The number of nitrogens with zero attached hydrogens (tertiary/aromatic N) is 4. The van der Waals surface area contributed by atoms with E-state index in [0.717, 1.165) is 72.4 Å². The van der Waals surface area contributed by atoms with Crippen molar-refractivity contribution in [3.8, 4) is 50.7 Å². The molecule has 0 amide bonds. The number of benzene rings is 5. The summed E-state index contributed by atoms with van der Waals surface area (Å²) < 4.78 is 9.10. The smallest absolute Gasteiger partial charge is 0.145 e. The van der Waals surface area contributed by atoms with Gasteiger partial charge in [0.15, 0.2) is 0 Å². The monoisotopic (exact) mass is 680 g/mol. The predicted molar refractivity (Wildman–Crippen MR) is 215 cm³/mol. The lowest BCUT2D eigenvalue weighted by Gasteiger charge is -2.21. The number of furan rings is 1. The van der Waals surface area contributed by atoms with Gasteiger partial charge in [0, 0.05) is 39.7 Å². The molecule has 0 bridgehead atoms. The number of hydrogen-bond donors (Lipinski definition) is 0. The highest BCUT2D eigenvalue weighted by Gasteiger charge is 2.36. The van der Waals surface area contributed by atoms with Crippen LogP contribution in [0.25, 0.3) is 94.5 Å². The molecule has 53 heavy (non-hydrogen) atoms. The molecule has 5 heterocycles. The van der Waals surface area contributed by atoms with Crippen LogP contribution in [0.15, 0.2) is 162 Å². The zero-order chi connectivity index (χ0) is 35.3. The summed E-state index contributed by atoms with van der Waals surface area (Å²) in [5, 5.41) is 4.59. The van der Waals surface area contributed by atoms with Crippen LogP contribution in [0.5, 0.6) is 0 Å². The molecule has 0 fully saturated rings. The molecule has 0 saturated carbocycles. The average Bonchev–Trinajstić information content (AvgIpc) is 3.83. The molecule has 11 rings (SSSR count). The van der Waals surface area contributed by atoms with E-state index in [0.29, 0.717) is 0 Å². The van der Waals surface area contributed by atoms with Gasteiger partial charge in [-0.05, 0) is 112 Å². The third-order valence-electron chi connectivity index (χ3n) is 11.1. The quantitative estimate of drug-likeness (QED) is 0.186. The second-order valence-electron chi connectivity index (χ2n) is 14.5. The molecule has 5 nitrogen and oxygen atoms in total. The second-order valence-corrected chi connectivity index (χ2v) is 14.5. The Labute approximate surface area is 305 Å². The average molecular weight is 681 g/mol. The minimum absolute atomic E-state index is 0.127. The molecule has 1 aliphatic rings. The second kappa shape index (κ2) is 11.1. The van der Waals surface area contributed by atoms with Crippen LogP contribution in [0.4, 0.5) is 0 Å². The molecule has 1 aliphatic carbocycles. The van der Waals surface area contributed by atoms with Crippen LogP contribution >= 0.6 is 0 Å². The van der Waals surface area contributed by atoms with E-state index in [-0.39, 0.29) is 5.41 Å². The highest BCUT2D eigenvalue weighted by atomic mass is 16.3. The topological polar surface area (TPSA) is 56.7 Å². The molecular formula is C48H32N4O. The van der Waals surface area contributed by atoms with E-state index in [2.05, 4.69) is 132 Å². The lowest BCUT2D eigenvalue weighted by molar-refractivity contribution is 0.661. The number of fused-ring (bicyclic) bond motifs is 10. The van der Waals surface area contributed by atoms with Gasteiger partial charge < -0.3 is 8.98 Å². The summed E-state index contributed by atoms with van der Waals surface area (Å²) in [5.41, 5.74) is 15.8. The Morgan fingerprint density at radius 2 is 1.21 bits per heavy atom. The Morgan fingerprint density at radius 3 is 1.94 bits per heavy atom. The van der Waals surface area contributed by atoms with Crippen molar-refractivity contribution in [2.45, 2.75) is 19.3 Å². The van der Waals surface area contributed by atoms with Crippen molar-refractivity contribution in [1.82, 2.24) is 19.5 Å². The van der Waals surface area contributed by atoms with Crippen LogP contribution in [0.1, 0.15) is 25.0 Å². The maximum atomic E-state index is 6.70. The van der Waals surface area contributed by atoms with Crippen molar-refractivity contribution in [1.29, 1.82) is 0 Å². The Balaban J connectivity index is 1.14. The first-order valence-corrected chi connectivity index (χ1v) is 18.0. The summed E-state index contributed by atoms with van der Waals surface area (Å²) in [6, 6.07) is 51.4. The molecule has 0 N–H and O–H groups in total. The first-order chi connectivity index (χ1) is 26.0. The van der Waals surface area contributed by atoms with E-state index >= 15 is 0 Å². The first kappa shape index (κ1) is 29.8. The van der Waals surface area contributed by atoms with E-state index in [4.69, 9.17) is 9.40 Å². The first-order valence-electron chi connectivity index (χ1n) is 18.0. The molecular weight excluding hydrogens is 649 g/mol. The van der Waals surface area contributed by atoms with Crippen LogP contribution in [0.3, 0.4) is 0 Å². The normalized spacial score (nSPS) is 13.2. The Morgan fingerprint density at radius 1 is 0.509 bits per heavy atom. The lowest BCUT2D eigenvalue weighted by Crippen LogP contribution is -2.14. The van der Waals surface area contributed by atoms with E-state index in [1.54, 1.807) is 12.4 Å². The van der Waals surface area contributed by atoms with E-state index in [1.165, 1.54) is 33.2 Å². The van der Waals surface area contributed by atoms with Crippen molar-refractivity contribution < 1.29 is 4.42 Å². The largest absolute Gasteiger partial charge is 0.455 e. The number of rotatable bonds is 4. The number of para-hydroxylation sites is 1. The van der Waals surface area contributed by atoms with Gasteiger partial charge >= 0.3 is 0 Å². The molecule has 10 aromatic rings. The molecule has 0 atom stereocenters. The number of hydrogen-bond acceptors (Lipinski definition) is 4. The van der Waals surface area contributed by atoms with Gasteiger partial charge in [-0.15, -0.1) is 0 Å². The molecule has 5 aromatic heterocycles. The van der Waals surface area contributed by atoms with Gasteiger partial charge in [0.25, 0.3) is 0 Å². The Bertz CT molecular complexity index is 3010. The minimum Gasteiger partial charge on any atom is -0.455 e. The summed E-state index contributed by atoms with van der Waals surface area (Å²) in [4.78, 5) is 14.2. The fourth-order valence-electron chi connectivity index (χ4n) is 8.55. The Kier molecular flexibility index (Phi) is 6.23. The molecule has 5 heteroatoms. The van der Waals surface area contributed by atoms with Crippen molar-refractivity contribution >= 4 is 43.7 Å². The molecule has 5 aromatic carbocycles. The maximum absolute atomic E-state index is 6.70. The summed E-state index contributed by atoms with van der Waals surface area (Å²) >= 11 is 0. The van der Waals surface area contributed by atoms with Crippen molar-refractivity contribution in [2.75, 3.05) is 0 Å². The molecule has 0 aliphatic heterocycles. The highest BCUT2D eigenvalue weighted by Crippen LogP contribution is 2.52. The lowest BCUT2D eigenvalue weighted by atomic mass is 9.82. The summed E-state index contributed by atoms with van der Waals surface area (Å²) in [6.45, 7) is 4.69. The zero-order valence-electron chi connectivity index (χ0n) is 29.2. The standard InChI is InChI=1S/C48H32N4O/c1-48(2)37-13-5-3-11-32(37)35-27-36-44(28-38(35)48)52(43-22-21-34-33-12-4-6-16-45(33)53-47(34)46(36)43)31-19-17-29(18-20-31)30-25-41(39-14-7-9-23-49-39)51-42(26-30)40-15-8-10-24-50-40/h3-28H,1-2H3. The van der Waals surface area contributed by atoms with Gasteiger partial charge in [-0.2, -0.15) is 0 Å². The van der Waals surface area contributed by atoms with Gasteiger partial charge in [-0.1, -0.05) is 80.6 Å². The fraction of sp³-hybridized carbons (Fsp3) is 0.0625. The van der Waals surface area contributed by atoms with Crippen LogP contribution in [-0.4, -0.2) is 19.5 Å². The van der Waals surface area contributed by atoms with E-state index in [1.807, 2.05) is 42.5 Å². The van der Waals surface area contributed by atoms with Gasteiger partial charge in [0.2, 0.25) is 0 Å². The summed E-state index contributed by atoms with van der Waals surface area (Å²) in [7, 11) is 0. The van der Waals surface area contributed by atoms with E-state index < -0.39 is 0 Å². The molecule has 0 spiro atoms. The Hall–Kier alpha value is -6.85.